The Morgan fingerprint density at radius 2 is 1.45 bits per heavy atom. The zero-order chi connectivity index (χ0) is 20.2. The van der Waals surface area contributed by atoms with Gasteiger partial charge in [0.15, 0.2) is 0 Å². The van der Waals surface area contributed by atoms with Gasteiger partial charge in [0, 0.05) is 23.5 Å². The molecule has 0 aliphatic carbocycles. The summed E-state index contributed by atoms with van der Waals surface area (Å²) in [7, 11) is 0. The fourth-order valence-corrected chi connectivity index (χ4v) is 4.04. The molecule has 0 saturated heterocycles. The van der Waals surface area contributed by atoms with Gasteiger partial charge in [0.1, 0.15) is 12.0 Å². The Morgan fingerprint density at radius 3 is 2.03 bits per heavy atom. The number of aryl methyl sites for hydroxylation is 2. The van der Waals surface area contributed by atoms with Gasteiger partial charge < -0.3 is 4.52 Å². The lowest BCUT2D eigenvalue weighted by Crippen LogP contribution is -1.99. The fraction of sp³-hybridized carbons (Fsp3) is 0.231. The van der Waals surface area contributed by atoms with E-state index in [1.54, 1.807) is 12.5 Å². The molecule has 2 aromatic carbocycles. The van der Waals surface area contributed by atoms with Gasteiger partial charge in [-0.15, -0.1) is 0 Å². The van der Waals surface area contributed by atoms with E-state index < -0.39 is 0 Å². The van der Waals surface area contributed by atoms with E-state index in [4.69, 9.17) is 4.52 Å². The van der Waals surface area contributed by atoms with Crippen molar-refractivity contribution >= 4 is 0 Å². The van der Waals surface area contributed by atoms with E-state index in [1.807, 2.05) is 12.3 Å². The third-order valence-electron chi connectivity index (χ3n) is 5.58. The highest BCUT2D eigenvalue weighted by Crippen LogP contribution is 2.34. The van der Waals surface area contributed by atoms with Gasteiger partial charge in [-0.3, -0.25) is 4.98 Å². The summed E-state index contributed by atoms with van der Waals surface area (Å²) in [5, 5.41) is 4.36. The molecule has 4 aromatic rings. The number of nitrogens with zero attached hydrogens (tertiary/aromatic N) is 2. The Hall–Kier alpha value is -3.20. The van der Waals surface area contributed by atoms with Crippen molar-refractivity contribution in [1.82, 2.24) is 10.1 Å². The summed E-state index contributed by atoms with van der Waals surface area (Å²) in [5.41, 5.74) is 10.7. The highest BCUT2D eigenvalue weighted by molar-refractivity contribution is 5.81. The second-order valence-corrected chi connectivity index (χ2v) is 7.23. The Morgan fingerprint density at radius 1 is 0.759 bits per heavy atom. The monoisotopic (exact) mass is 382 g/mol. The molecule has 0 atom stereocenters. The molecule has 146 valence electrons. The summed E-state index contributed by atoms with van der Waals surface area (Å²) in [6.45, 7) is 6.68. The van der Waals surface area contributed by atoms with Crippen molar-refractivity contribution in [2.45, 2.75) is 40.0 Å². The number of aromatic nitrogens is 2. The van der Waals surface area contributed by atoms with Crippen molar-refractivity contribution in [2.24, 2.45) is 0 Å². The van der Waals surface area contributed by atoms with Crippen molar-refractivity contribution in [2.75, 3.05) is 0 Å². The first-order valence-corrected chi connectivity index (χ1v) is 10.3. The number of benzene rings is 2. The van der Waals surface area contributed by atoms with Crippen LogP contribution < -0.4 is 0 Å². The van der Waals surface area contributed by atoms with Gasteiger partial charge >= 0.3 is 0 Å². The maximum Gasteiger partial charge on any atom is 0.132 e. The van der Waals surface area contributed by atoms with Crippen LogP contribution in [0.5, 0.6) is 0 Å². The van der Waals surface area contributed by atoms with Crippen LogP contribution >= 0.6 is 0 Å². The first-order valence-electron chi connectivity index (χ1n) is 10.3. The molecule has 2 aromatic heterocycles. The van der Waals surface area contributed by atoms with Crippen molar-refractivity contribution in [3.63, 3.8) is 0 Å². The SMILES string of the molecule is CCc1cc(-c2nocc2-c2ccc(-c3cccnc3)cc2)cc(CC)c1CC. The van der Waals surface area contributed by atoms with Gasteiger partial charge in [-0.1, -0.05) is 56.3 Å². The molecule has 29 heavy (non-hydrogen) atoms. The van der Waals surface area contributed by atoms with Crippen LogP contribution in [0.4, 0.5) is 0 Å². The van der Waals surface area contributed by atoms with E-state index >= 15 is 0 Å². The predicted octanol–water partition coefficient (Wildman–Crippen LogP) is 6.76. The molecular weight excluding hydrogens is 356 g/mol. The first kappa shape index (κ1) is 19.1. The van der Waals surface area contributed by atoms with Gasteiger partial charge in [-0.25, -0.2) is 0 Å². The van der Waals surface area contributed by atoms with E-state index in [0.717, 1.165) is 52.8 Å². The van der Waals surface area contributed by atoms with Crippen LogP contribution in [0.3, 0.4) is 0 Å². The molecule has 0 amide bonds. The van der Waals surface area contributed by atoms with Crippen molar-refractivity contribution in [1.29, 1.82) is 0 Å². The zero-order valence-electron chi connectivity index (χ0n) is 17.3. The minimum atomic E-state index is 0.909. The van der Waals surface area contributed by atoms with E-state index in [2.05, 4.69) is 73.4 Å². The summed E-state index contributed by atoms with van der Waals surface area (Å²) in [4.78, 5) is 4.21. The molecule has 4 rings (SSSR count). The lowest BCUT2D eigenvalue weighted by Gasteiger charge is -2.14. The van der Waals surface area contributed by atoms with Crippen molar-refractivity contribution in [3.8, 4) is 33.5 Å². The van der Waals surface area contributed by atoms with Gasteiger partial charge in [0.25, 0.3) is 0 Å². The number of pyridine rings is 1. The van der Waals surface area contributed by atoms with Crippen LogP contribution in [0, 0.1) is 0 Å². The van der Waals surface area contributed by atoms with E-state index in [9.17, 15) is 0 Å². The van der Waals surface area contributed by atoms with Crippen LogP contribution in [0.15, 0.2) is 71.7 Å². The average Bonchev–Trinajstić information content (AvgIpc) is 3.28. The molecule has 0 fully saturated rings. The zero-order valence-corrected chi connectivity index (χ0v) is 17.3. The molecule has 0 radical (unpaired) electrons. The predicted molar refractivity (Wildman–Crippen MR) is 119 cm³/mol. The lowest BCUT2D eigenvalue weighted by atomic mass is 9.90. The van der Waals surface area contributed by atoms with Crippen LogP contribution in [0.1, 0.15) is 37.5 Å². The summed E-state index contributed by atoms with van der Waals surface area (Å²) in [5.74, 6) is 0. The summed E-state index contributed by atoms with van der Waals surface area (Å²) in [6, 6.07) is 17.1. The Kier molecular flexibility index (Phi) is 5.57. The number of hydrogen-bond donors (Lipinski definition) is 0. The molecule has 0 bridgehead atoms. The second-order valence-electron chi connectivity index (χ2n) is 7.23. The fourth-order valence-electron chi connectivity index (χ4n) is 4.04. The highest BCUT2D eigenvalue weighted by atomic mass is 16.5. The van der Waals surface area contributed by atoms with Crippen LogP contribution in [-0.2, 0) is 19.3 Å². The van der Waals surface area contributed by atoms with Gasteiger partial charge in [0.05, 0.1) is 0 Å². The third kappa shape index (κ3) is 3.73. The molecule has 3 heteroatoms. The summed E-state index contributed by atoms with van der Waals surface area (Å²) in [6.07, 6.45) is 8.54. The average molecular weight is 383 g/mol. The first-order chi connectivity index (χ1) is 14.2. The highest BCUT2D eigenvalue weighted by Gasteiger charge is 2.16. The minimum Gasteiger partial charge on any atom is -0.363 e. The molecule has 0 spiro atoms. The van der Waals surface area contributed by atoms with Crippen molar-refractivity contribution < 1.29 is 4.52 Å². The summed E-state index contributed by atoms with van der Waals surface area (Å²) >= 11 is 0. The molecular formula is C26H26N2O. The Bertz CT molecular complexity index is 1070. The standard InChI is InChI=1S/C26H26N2O/c1-4-18-14-23(15-19(5-2)24(18)6-3)26-25(17-29-28-26)21-11-9-20(10-12-21)22-8-7-13-27-16-22/h7-17H,4-6H2,1-3H3. The minimum absolute atomic E-state index is 0.909. The van der Waals surface area contributed by atoms with Crippen molar-refractivity contribution in [3.05, 3.63) is 83.9 Å². The smallest absolute Gasteiger partial charge is 0.132 e. The molecule has 0 aliphatic heterocycles. The van der Waals surface area contributed by atoms with Crippen LogP contribution in [0.2, 0.25) is 0 Å². The molecule has 0 unspecified atom stereocenters. The quantitative estimate of drug-likeness (QED) is 0.370. The second kappa shape index (κ2) is 8.44. The van der Waals surface area contributed by atoms with Gasteiger partial charge in [-0.2, -0.15) is 0 Å². The van der Waals surface area contributed by atoms with Crippen LogP contribution in [0.25, 0.3) is 33.5 Å². The maximum absolute atomic E-state index is 5.41. The molecule has 2 heterocycles. The lowest BCUT2D eigenvalue weighted by molar-refractivity contribution is 0.422. The van der Waals surface area contributed by atoms with Gasteiger partial charge in [-0.05, 0) is 70.8 Å². The molecule has 0 saturated carbocycles. The Labute approximate surface area is 172 Å². The molecule has 0 N–H and O–H groups in total. The van der Waals surface area contributed by atoms with E-state index in [1.165, 1.54) is 16.7 Å². The maximum atomic E-state index is 5.41. The normalized spacial score (nSPS) is 11.0. The largest absolute Gasteiger partial charge is 0.363 e. The number of rotatable bonds is 6. The van der Waals surface area contributed by atoms with E-state index in [0.29, 0.717) is 0 Å². The summed E-state index contributed by atoms with van der Waals surface area (Å²) < 4.78 is 5.41. The Balaban J connectivity index is 1.74. The number of hydrogen-bond acceptors (Lipinski definition) is 3. The van der Waals surface area contributed by atoms with Gasteiger partial charge in [0.2, 0.25) is 0 Å². The topological polar surface area (TPSA) is 38.9 Å². The van der Waals surface area contributed by atoms with E-state index in [-0.39, 0.29) is 0 Å². The van der Waals surface area contributed by atoms with Crippen LogP contribution in [-0.4, -0.2) is 10.1 Å². The third-order valence-corrected chi connectivity index (χ3v) is 5.58. The molecule has 0 aliphatic rings. The molecule has 3 nitrogen and oxygen atoms in total.